The number of amides is 1. The highest BCUT2D eigenvalue weighted by Gasteiger charge is 2.17. The van der Waals surface area contributed by atoms with Gasteiger partial charge in [-0.1, -0.05) is 5.16 Å². The highest BCUT2D eigenvalue weighted by atomic mass is 32.1. The largest absolute Gasteiger partial charge is 0.476 e. The second-order valence-electron chi connectivity index (χ2n) is 2.56. The summed E-state index contributed by atoms with van der Waals surface area (Å²) in [6.07, 6.45) is 0. The third-order valence-electron chi connectivity index (χ3n) is 1.33. The lowest BCUT2D eigenvalue weighted by Gasteiger charge is -1.97. The number of aromatic nitrogens is 1. The standard InChI is InChI=1S/C7H8N4O4S/c8-4(12)1-15-11-5(6(13)14)3-2-16-7(9)10-3/h2H,1H2,(H2,8,12)(H2,9,10)(H,13,14)/b11-5-. The summed E-state index contributed by atoms with van der Waals surface area (Å²) in [5.41, 5.74) is 9.75. The fourth-order valence-electron chi connectivity index (χ4n) is 0.752. The smallest absolute Gasteiger partial charge is 0.360 e. The topological polar surface area (TPSA) is 141 Å². The van der Waals surface area contributed by atoms with Gasteiger partial charge in [0, 0.05) is 5.38 Å². The molecule has 0 bridgehead atoms. The van der Waals surface area contributed by atoms with Crippen molar-refractivity contribution in [3.63, 3.8) is 0 Å². The number of carboxylic acid groups (broad SMARTS) is 1. The summed E-state index contributed by atoms with van der Waals surface area (Å²) in [5.74, 6) is -2.10. The Morgan fingerprint density at radius 2 is 2.31 bits per heavy atom. The number of hydrogen-bond donors (Lipinski definition) is 3. The molecule has 1 aromatic heterocycles. The van der Waals surface area contributed by atoms with Gasteiger partial charge in [0.05, 0.1) is 0 Å². The van der Waals surface area contributed by atoms with E-state index < -0.39 is 24.2 Å². The van der Waals surface area contributed by atoms with E-state index in [4.69, 9.17) is 16.6 Å². The molecule has 16 heavy (non-hydrogen) atoms. The number of oxime groups is 1. The molecule has 0 aromatic carbocycles. The van der Waals surface area contributed by atoms with E-state index in [0.717, 1.165) is 11.3 Å². The van der Waals surface area contributed by atoms with Crippen LogP contribution in [0.5, 0.6) is 0 Å². The summed E-state index contributed by atoms with van der Waals surface area (Å²) in [6.45, 7) is -0.504. The predicted molar refractivity (Wildman–Crippen MR) is 55.8 cm³/mol. The van der Waals surface area contributed by atoms with E-state index in [1.165, 1.54) is 5.38 Å². The van der Waals surface area contributed by atoms with Crippen molar-refractivity contribution < 1.29 is 19.5 Å². The van der Waals surface area contributed by atoms with Crippen LogP contribution in [0.15, 0.2) is 10.5 Å². The number of anilines is 1. The van der Waals surface area contributed by atoms with E-state index in [2.05, 4.69) is 15.0 Å². The van der Waals surface area contributed by atoms with Crippen LogP contribution < -0.4 is 11.5 Å². The van der Waals surface area contributed by atoms with E-state index in [1.807, 2.05) is 0 Å². The molecule has 0 fully saturated rings. The summed E-state index contributed by atoms with van der Waals surface area (Å²) >= 11 is 1.07. The zero-order valence-corrected chi connectivity index (χ0v) is 8.73. The average molecular weight is 244 g/mol. The minimum absolute atomic E-state index is 0.0690. The van der Waals surface area contributed by atoms with E-state index in [-0.39, 0.29) is 10.8 Å². The molecule has 1 heterocycles. The van der Waals surface area contributed by atoms with E-state index in [0.29, 0.717) is 0 Å². The van der Waals surface area contributed by atoms with Gasteiger partial charge in [0.2, 0.25) is 5.71 Å². The molecule has 86 valence electrons. The van der Waals surface area contributed by atoms with Crippen molar-refractivity contribution in [3.8, 4) is 0 Å². The van der Waals surface area contributed by atoms with Crippen molar-refractivity contribution in [2.75, 3.05) is 12.3 Å². The van der Waals surface area contributed by atoms with Gasteiger partial charge in [-0.05, 0) is 0 Å². The first kappa shape index (κ1) is 11.9. The van der Waals surface area contributed by atoms with Gasteiger partial charge in [-0.25, -0.2) is 9.78 Å². The monoisotopic (exact) mass is 244 g/mol. The number of nitrogens with two attached hydrogens (primary N) is 2. The van der Waals surface area contributed by atoms with Crippen molar-refractivity contribution >= 4 is 34.1 Å². The number of aliphatic carboxylic acids is 1. The summed E-state index contributed by atoms with van der Waals surface area (Å²) in [6, 6.07) is 0. The number of primary amides is 1. The fourth-order valence-corrected chi connectivity index (χ4v) is 1.30. The summed E-state index contributed by atoms with van der Waals surface area (Å²) < 4.78 is 0. The molecule has 9 heteroatoms. The van der Waals surface area contributed by atoms with Crippen LogP contribution in [-0.4, -0.2) is 34.3 Å². The molecule has 5 N–H and O–H groups in total. The van der Waals surface area contributed by atoms with Crippen LogP contribution in [0.1, 0.15) is 5.69 Å². The molecule has 1 amide bonds. The first-order valence-electron chi connectivity index (χ1n) is 3.93. The van der Waals surface area contributed by atoms with Crippen LogP contribution in [-0.2, 0) is 14.4 Å². The van der Waals surface area contributed by atoms with Crippen LogP contribution in [0.2, 0.25) is 0 Å². The summed E-state index contributed by atoms with van der Waals surface area (Å²) in [5, 5.41) is 13.7. The Morgan fingerprint density at radius 1 is 1.62 bits per heavy atom. The Labute approximate surface area is 93.5 Å². The Kier molecular flexibility index (Phi) is 3.78. The van der Waals surface area contributed by atoms with Crippen LogP contribution in [0.3, 0.4) is 0 Å². The Balaban J connectivity index is 2.83. The minimum Gasteiger partial charge on any atom is -0.476 e. The molecule has 0 spiro atoms. The number of thiazole rings is 1. The van der Waals surface area contributed by atoms with Crippen molar-refractivity contribution in [3.05, 3.63) is 11.1 Å². The molecule has 8 nitrogen and oxygen atoms in total. The number of carboxylic acids is 1. The molecular weight excluding hydrogens is 236 g/mol. The zero-order chi connectivity index (χ0) is 12.1. The van der Waals surface area contributed by atoms with Crippen molar-refractivity contribution in [1.82, 2.24) is 4.98 Å². The van der Waals surface area contributed by atoms with Gasteiger partial charge in [0.1, 0.15) is 5.69 Å². The number of carbonyl (C=O) groups is 2. The lowest BCUT2D eigenvalue weighted by Crippen LogP contribution is -2.19. The quantitative estimate of drug-likeness (QED) is 0.448. The van der Waals surface area contributed by atoms with Crippen LogP contribution in [0.25, 0.3) is 0 Å². The second-order valence-corrected chi connectivity index (χ2v) is 3.45. The van der Waals surface area contributed by atoms with E-state index in [1.54, 1.807) is 0 Å². The van der Waals surface area contributed by atoms with Crippen molar-refractivity contribution in [2.24, 2.45) is 10.9 Å². The highest BCUT2D eigenvalue weighted by Crippen LogP contribution is 2.12. The number of hydrogen-bond acceptors (Lipinski definition) is 7. The second kappa shape index (κ2) is 5.07. The van der Waals surface area contributed by atoms with Gasteiger partial charge in [0.25, 0.3) is 5.91 Å². The number of rotatable bonds is 5. The van der Waals surface area contributed by atoms with E-state index >= 15 is 0 Å². The first-order valence-corrected chi connectivity index (χ1v) is 4.81. The third kappa shape index (κ3) is 3.20. The molecule has 1 aromatic rings. The molecule has 0 atom stereocenters. The first-order chi connectivity index (χ1) is 7.50. The van der Waals surface area contributed by atoms with Crippen LogP contribution in [0.4, 0.5) is 5.13 Å². The third-order valence-corrected chi connectivity index (χ3v) is 2.00. The summed E-state index contributed by atoms with van der Waals surface area (Å²) in [7, 11) is 0. The SMILES string of the molecule is NC(=O)CO/N=C(\C(=O)O)c1csc(N)n1. The van der Waals surface area contributed by atoms with Gasteiger partial charge < -0.3 is 21.4 Å². The Morgan fingerprint density at radius 3 is 2.75 bits per heavy atom. The molecular formula is C7H8N4O4S. The molecule has 1 rings (SSSR count). The average Bonchev–Trinajstić information content (AvgIpc) is 2.58. The van der Waals surface area contributed by atoms with Gasteiger partial charge in [-0.2, -0.15) is 0 Å². The maximum Gasteiger partial charge on any atom is 0.360 e. The lowest BCUT2D eigenvalue weighted by molar-refractivity contribution is -0.130. The lowest BCUT2D eigenvalue weighted by atomic mass is 10.3. The Bertz CT molecular complexity index is 441. The predicted octanol–water partition coefficient (Wildman–Crippen LogP) is -0.984. The van der Waals surface area contributed by atoms with Crippen molar-refractivity contribution in [2.45, 2.75) is 0 Å². The van der Waals surface area contributed by atoms with Gasteiger partial charge >= 0.3 is 5.97 Å². The molecule has 0 aliphatic carbocycles. The highest BCUT2D eigenvalue weighted by molar-refractivity contribution is 7.13. The molecule has 0 aliphatic rings. The van der Waals surface area contributed by atoms with Crippen LogP contribution in [0, 0.1) is 0 Å². The number of nitrogen functional groups attached to an aromatic ring is 1. The number of carbonyl (C=O) groups excluding carboxylic acids is 1. The van der Waals surface area contributed by atoms with Gasteiger partial charge in [-0.3, -0.25) is 4.79 Å². The zero-order valence-electron chi connectivity index (χ0n) is 7.91. The molecule has 0 unspecified atom stereocenters. The van der Waals surface area contributed by atoms with Gasteiger partial charge in [-0.15, -0.1) is 11.3 Å². The molecule has 0 radical (unpaired) electrons. The molecule has 0 saturated carbocycles. The fraction of sp³-hybridized carbons (Fsp3) is 0.143. The molecule has 0 saturated heterocycles. The number of nitrogens with zero attached hydrogens (tertiary/aromatic N) is 2. The van der Waals surface area contributed by atoms with Crippen molar-refractivity contribution in [1.29, 1.82) is 0 Å². The van der Waals surface area contributed by atoms with Crippen LogP contribution >= 0.6 is 11.3 Å². The van der Waals surface area contributed by atoms with Gasteiger partial charge in [0.15, 0.2) is 11.7 Å². The normalized spacial score (nSPS) is 11.1. The Hall–Kier alpha value is -2.16. The maximum atomic E-state index is 10.8. The minimum atomic E-state index is -1.34. The van der Waals surface area contributed by atoms with E-state index in [9.17, 15) is 9.59 Å². The summed E-state index contributed by atoms with van der Waals surface area (Å²) in [4.78, 5) is 29.3. The maximum absolute atomic E-state index is 10.8. The molecule has 0 aliphatic heterocycles.